The predicted octanol–water partition coefficient (Wildman–Crippen LogP) is 2.83. The lowest BCUT2D eigenvalue weighted by molar-refractivity contribution is 0.0930. The van der Waals surface area contributed by atoms with E-state index in [0.29, 0.717) is 40.0 Å². The number of amides is 2. The van der Waals surface area contributed by atoms with Crippen molar-refractivity contribution in [1.29, 1.82) is 0 Å². The van der Waals surface area contributed by atoms with E-state index in [1.807, 2.05) is 13.8 Å². The molecule has 2 aromatic heterocycles. The summed E-state index contributed by atoms with van der Waals surface area (Å²) in [6, 6.07) is -0.797. The summed E-state index contributed by atoms with van der Waals surface area (Å²) in [6.45, 7) is 8.40. The fraction of sp³-hybridized carbons (Fsp3) is 0.600. The average molecular weight is 453 g/mol. The van der Waals surface area contributed by atoms with Gasteiger partial charge in [-0.15, -0.1) is 22.7 Å². The number of carbonyl (C=O) groups excluding carboxylic acids is 2. The maximum atomic E-state index is 13.2. The zero-order chi connectivity index (χ0) is 22.4. The number of aryl methyl sites for hydroxylation is 1. The van der Waals surface area contributed by atoms with Gasteiger partial charge in [-0.2, -0.15) is 0 Å². The summed E-state index contributed by atoms with van der Waals surface area (Å²) in [5.41, 5.74) is 18.4. The Morgan fingerprint density at radius 1 is 1.07 bits per heavy atom. The van der Waals surface area contributed by atoms with E-state index < -0.39 is 11.9 Å². The molecule has 8 nitrogen and oxygen atoms in total. The summed E-state index contributed by atoms with van der Waals surface area (Å²) in [5.74, 6) is -0.372. The van der Waals surface area contributed by atoms with Crippen molar-refractivity contribution in [1.82, 2.24) is 15.3 Å². The molecule has 2 atom stereocenters. The molecule has 0 bridgehead atoms. The molecule has 2 heterocycles. The minimum atomic E-state index is -0.540. The van der Waals surface area contributed by atoms with Gasteiger partial charge in [0.25, 0.3) is 11.8 Å². The third-order valence-corrected chi connectivity index (χ3v) is 6.58. The molecule has 0 aliphatic heterocycles. The Kier molecular flexibility index (Phi) is 8.90. The van der Waals surface area contributed by atoms with Crippen LogP contribution in [0.25, 0.3) is 0 Å². The third kappa shape index (κ3) is 6.31. The highest BCUT2D eigenvalue weighted by Crippen LogP contribution is 2.29. The summed E-state index contributed by atoms with van der Waals surface area (Å²) in [7, 11) is 0. The van der Waals surface area contributed by atoms with Crippen LogP contribution in [0.1, 0.15) is 92.9 Å². The zero-order valence-corrected chi connectivity index (χ0v) is 19.7. The van der Waals surface area contributed by atoms with Crippen LogP contribution in [0.2, 0.25) is 0 Å². The number of nitrogens with one attached hydrogen (secondary N) is 1. The first-order valence-corrected chi connectivity index (χ1v) is 11.8. The van der Waals surface area contributed by atoms with Gasteiger partial charge in [0.05, 0.1) is 27.4 Å². The highest BCUT2D eigenvalue weighted by atomic mass is 32.1. The highest BCUT2D eigenvalue weighted by molar-refractivity contribution is 7.14. The third-order valence-electron chi connectivity index (χ3n) is 4.48. The predicted molar refractivity (Wildman–Crippen MR) is 122 cm³/mol. The van der Waals surface area contributed by atoms with Crippen LogP contribution in [0.5, 0.6) is 0 Å². The van der Waals surface area contributed by atoms with Crippen LogP contribution in [0.4, 0.5) is 0 Å². The van der Waals surface area contributed by atoms with Gasteiger partial charge in [-0.1, -0.05) is 13.8 Å². The number of aromatic nitrogens is 2. The van der Waals surface area contributed by atoms with Gasteiger partial charge in [-0.05, 0) is 45.6 Å². The number of nitrogens with zero attached hydrogens (tertiary/aromatic N) is 2. The zero-order valence-electron chi connectivity index (χ0n) is 18.0. The minimum absolute atomic E-state index is 0.256. The summed E-state index contributed by atoms with van der Waals surface area (Å²) in [4.78, 5) is 35.1. The Morgan fingerprint density at radius 3 is 2.33 bits per heavy atom. The molecule has 166 valence electrons. The van der Waals surface area contributed by atoms with E-state index in [1.54, 1.807) is 0 Å². The van der Waals surface area contributed by atoms with E-state index >= 15 is 0 Å². The number of thiazole rings is 2. The van der Waals surface area contributed by atoms with Crippen molar-refractivity contribution in [3.63, 3.8) is 0 Å². The van der Waals surface area contributed by atoms with Crippen molar-refractivity contribution in [2.45, 2.75) is 65.5 Å². The molecular weight excluding hydrogens is 420 g/mol. The van der Waals surface area contributed by atoms with Crippen LogP contribution in [0, 0.1) is 12.8 Å². The van der Waals surface area contributed by atoms with Crippen LogP contribution >= 0.6 is 22.7 Å². The highest BCUT2D eigenvalue weighted by Gasteiger charge is 2.27. The second-order valence-corrected chi connectivity index (χ2v) is 10.1. The molecule has 0 unspecified atom stereocenters. The summed E-state index contributed by atoms with van der Waals surface area (Å²) < 4.78 is 0. The van der Waals surface area contributed by atoms with E-state index in [0.717, 1.165) is 29.3 Å². The monoisotopic (exact) mass is 452 g/mol. The molecule has 7 N–H and O–H groups in total. The summed E-state index contributed by atoms with van der Waals surface area (Å²) in [6.07, 6.45) is 3.00. The minimum Gasteiger partial charge on any atom is -0.365 e. The Hall–Kier alpha value is -1.88. The first-order valence-electron chi connectivity index (χ1n) is 10.2. The van der Waals surface area contributed by atoms with Crippen molar-refractivity contribution in [3.05, 3.63) is 31.2 Å². The van der Waals surface area contributed by atoms with Gasteiger partial charge in [0.2, 0.25) is 0 Å². The molecule has 0 saturated carbocycles. The lowest BCUT2D eigenvalue weighted by atomic mass is 10.0. The standard InChI is InChI=1S/C20H32N6O2S2/c1-10(2)9-14-26-15(11(3)22)18(30-14)20(28)25-13(7-5-6-8-21)16-17(19(23)27)29-12(4)24-16/h10-11,13H,5-9,21-22H2,1-4H3,(H2,23,27)(H,25,28)/t11-,13-/m0/s1. The number of hydrogen-bond acceptors (Lipinski definition) is 8. The fourth-order valence-corrected chi connectivity index (χ4v) is 5.25. The molecular formula is C20H32N6O2S2. The molecule has 2 aromatic rings. The molecule has 10 heteroatoms. The Bertz CT molecular complexity index is 875. The largest absolute Gasteiger partial charge is 0.365 e. The van der Waals surface area contributed by atoms with Gasteiger partial charge in [0, 0.05) is 12.5 Å². The van der Waals surface area contributed by atoms with Gasteiger partial charge in [-0.25, -0.2) is 9.97 Å². The first kappa shape index (κ1) is 24.4. The van der Waals surface area contributed by atoms with Gasteiger partial charge >= 0.3 is 0 Å². The molecule has 0 saturated heterocycles. The Morgan fingerprint density at radius 2 is 1.77 bits per heavy atom. The Labute approximate surface area is 185 Å². The maximum Gasteiger partial charge on any atom is 0.263 e. The second-order valence-electron chi connectivity index (χ2n) is 7.83. The van der Waals surface area contributed by atoms with Crippen molar-refractivity contribution < 1.29 is 9.59 Å². The lowest BCUT2D eigenvalue weighted by Gasteiger charge is -2.18. The molecule has 0 radical (unpaired) electrons. The van der Waals surface area contributed by atoms with Gasteiger partial charge in [0.1, 0.15) is 9.75 Å². The smallest absolute Gasteiger partial charge is 0.263 e. The van der Waals surface area contributed by atoms with Crippen LogP contribution in [0.3, 0.4) is 0 Å². The van der Waals surface area contributed by atoms with E-state index in [4.69, 9.17) is 17.2 Å². The van der Waals surface area contributed by atoms with Crippen LogP contribution in [-0.2, 0) is 6.42 Å². The van der Waals surface area contributed by atoms with Crippen molar-refractivity contribution in [3.8, 4) is 0 Å². The second kappa shape index (κ2) is 10.9. The Balaban J connectivity index is 2.35. The molecule has 0 aliphatic carbocycles. The molecule has 0 aromatic carbocycles. The molecule has 0 aliphatic rings. The number of rotatable bonds is 11. The topological polar surface area (TPSA) is 150 Å². The van der Waals surface area contributed by atoms with Gasteiger partial charge < -0.3 is 22.5 Å². The van der Waals surface area contributed by atoms with Crippen LogP contribution in [0.15, 0.2) is 0 Å². The van der Waals surface area contributed by atoms with Crippen molar-refractivity contribution in [2.75, 3.05) is 6.54 Å². The fourth-order valence-electron chi connectivity index (χ4n) is 3.14. The molecule has 0 spiro atoms. The molecule has 30 heavy (non-hydrogen) atoms. The quantitative estimate of drug-likeness (QED) is 0.385. The van der Waals surface area contributed by atoms with Crippen molar-refractivity contribution >= 4 is 34.5 Å². The normalized spacial score (nSPS) is 13.4. The van der Waals surface area contributed by atoms with Crippen LogP contribution in [-0.4, -0.2) is 28.3 Å². The number of nitrogens with two attached hydrogens (primary N) is 3. The van der Waals surface area contributed by atoms with Crippen molar-refractivity contribution in [2.24, 2.45) is 23.1 Å². The SMILES string of the molecule is Cc1nc([C@H](CCCCN)NC(=O)c2sc(CC(C)C)nc2[C@H](C)N)c(C(N)=O)s1. The number of carbonyl (C=O) groups is 2. The molecule has 2 rings (SSSR count). The summed E-state index contributed by atoms with van der Waals surface area (Å²) in [5, 5.41) is 4.67. The van der Waals surface area contributed by atoms with E-state index in [9.17, 15) is 9.59 Å². The number of unbranched alkanes of at least 4 members (excludes halogenated alkanes) is 1. The number of primary amides is 1. The van der Waals surface area contributed by atoms with E-state index in [2.05, 4.69) is 29.1 Å². The van der Waals surface area contributed by atoms with Gasteiger partial charge in [0.15, 0.2) is 0 Å². The van der Waals surface area contributed by atoms with Crippen LogP contribution < -0.4 is 22.5 Å². The lowest BCUT2D eigenvalue weighted by Crippen LogP contribution is -2.31. The average Bonchev–Trinajstić information content (AvgIpc) is 3.24. The molecule has 0 fully saturated rings. The first-order chi connectivity index (χ1) is 14.1. The van der Waals surface area contributed by atoms with E-state index in [1.165, 1.54) is 22.7 Å². The number of hydrogen-bond donors (Lipinski definition) is 4. The summed E-state index contributed by atoms with van der Waals surface area (Å²) >= 11 is 2.61. The maximum absolute atomic E-state index is 13.2. The van der Waals surface area contributed by atoms with Gasteiger partial charge in [-0.3, -0.25) is 9.59 Å². The van der Waals surface area contributed by atoms with E-state index in [-0.39, 0.29) is 11.9 Å². The molecule has 2 amide bonds.